The number of nitrogens with zero attached hydrogens (tertiary/aromatic N) is 5. The van der Waals surface area contributed by atoms with Gasteiger partial charge in [-0.15, -0.1) is 0 Å². The summed E-state index contributed by atoms with van der Waals surface area (Å²) in [5, 5.41) is 15.4. The zero-order chi connectivity index (χ0) is 18.2. The van der Waals surface area contributed by atoms with Gasteiger partial charge in [-0.2, -0.15) is 5.10 Å². The summed E-state index contributed by atoms with van der Waals surface area (Å²) >= 11 is 0. The van der Waals surface area contributed by atoms with Crippen LogP contribution >= 0.6 is 0 Å². The monoisotopic (exact) mass is 345 g/mol. The number of aryl methyl sites for hydroxylation is 2. The molecule has 1 fully saturated rings. The molecule has 0 spiro atoms. The maximum absolute atomic E-state index is 10.8. The predicted octanol–water partition coefficient (Wildman–Crippen LogP) is 2.40. The van der Waals surface area contributed by atoms with Gasteiger partial charge in [0.1, 0.15) is 11.9 Å². The summed E-state index contributed by atoms with van der Waals surface area (Å²) in [5.41, 5.74) is 2.50. The van der Waals surface area contributed by atoms with Gasteiger partial charge in [-0.3, -0.25) is 9.58 Å². The standard InChI is InChI=1S/C19H31N5O/c1-19(2,3)17-15(11-23(5)21-17)13-24-9-6-7-14(12-24)16(25)18-20-8-10-22(18)4/h8,10-11,14,16,25H,6-7,9,12-13H2,1-5H3. The van der Waals surface area contributed by atoms with Crippen LogP contribution < -0.4 is 0 Å². The molecule has 2 aromatic rings. The van der Waals surface area contributed by atoms with Crippen molar-refractivity contribution in [3.8, 4) is 0 Å². The molecule has 1 aliphatic rings. The van der Waals surface area contributed by atoms with E-state index in [2.05, 4.69) is 42.0 Å². The van der Waals surface area contributed by atoms with E-state index in [0.29, 0.717) is 0 Å². The quantitative estimate of drug-likeness (QED) is 0.924. The maximum Gasteiger partial charge on any atom is 0.137 e. The first-order valence-corrected chi connectivity index (χ1v) is 9.16. The first-order valence-electron chi connectivity index (χ1n) is 9.16. The highest BCUT2D eigenvalue weighted by Crippen LogP contribution is 2.31. The molecule has 25 heavy (non-hydrogen) atoms. The normalized spacial score (nSPS) is 20.8. The van der Waals surface area contributed by atoms with Crippen molar-refractivity contribution in [2.75, 3.05) is 13.1 Å². The summed E-state index contributed by atoms with van der Waals surface area (Å²) in [7, 11) is 3.93. The van der Waals surface area contributed by atoms with Gasteiger partial charge in [-0.25, -0.2) is 4.98 Å². The molecule has 0 aliphatic carbocycles. The minimum atomic E-state index is -0.501. The molecule has 138 valence electrons. The molecule has 6 nitrogen and oxygen atoms in total. The van der Waals surface area contributed by atoms with E-state index < -0.39 is 6.10 Å². The van der Waals surface area contributed by atoms with E-state index in [-0.39, 0.29) is 11.3 Å². The molecule has 2 unspecified atom stereocenters. The second kappa shape index (κ2) is 6.92. The Morgan fingerprint density at radius 1 is 1.32 bits per heavy atom. The summed E-state index contributed by atoms with van der Waals surface area (Å²) in [4.78, 5) is 6.78. The second-order valence-electron chi connectivity index (χ2n) is 8.41. The summed E-state index contributed by atoms with van der Waals surface area (Å²) in [5.74, 6) is 0.994. The van der Waals surface area contributed by atoms with E-state index in [0.717, 1.165) is 38.3 Å². The number of aliphatic hydroxyl groups is 1. The van der Waals surface area contributed by atoms with Crippen LogP contribution in [0.1, 0.15) is 56.8 Å². The van der Waals surface area contributed by atoms with Crippen molar-refractivity contribution >= 4 is 0 Å². The Labute approximate surface area is 150 Å². The van der Waals surface area contributed by atoms with E-state index in [1.807, 2.05) is 29.5 Å². The first-order chi connectivity index (χ1) is 11.8. The third-order valence-electron chi connectivity index (χ3n) is 5.12. The average molecular weight is 345 g/mol. The second-order valence-corrected chi connectivity index (χ2v) is 8.41. The molecule has 3 heterocycles. The predicted molar refractivity (Wildman–Crippen MR) is 98.1 cm³/mol. The molecule has 0 amide bonds. The number of hydrogen-bond donors (Lipinski definition) is 1. The number of piperidine rings is 1. The van der Waals surface area contributed by atoms with Crippen LogP contribution in [0.3, 0.4) is 0 Å². The fourth-order valence-electron chi connectivity index (χ4n) is 3.89. The van der Waals surface area contributed by atoms with E-state index in [1.165, 1.54) is 11.3 Å². The SMILES string of the molecule is Cn1cc(CN2CCCC(C(O)c3nccn3C)C2)c(C(C)(C)C)n1. The Morgan fingerprint density at radius 2 is 2.08 bits per heavy atom. The van der Waals surface area contributed by atoms with Crippen molar-refractivity contribution in [3.05, 3.63) is 35.7 Å². The van der Waals surface area contributed by atoms with Crippen molar-refractivity contribution in [2.24, 2.45) is 20.0 Å². The Balaban J connectivity index is 1.72. The molecular weight excluding hydrogens is 314 g/mol. The van der Waals surface area contributed by atoms with E-state index >= 15 is 0 Å². The maximum atomic E-state index is 10.8. The van der Waals surface area contributed by atoms with E-state index in [4.69, 9.17) is 0 Å². The molecule has 1 saturated heterocycles. The Kier molecular flexibility index (Phi) is 5.02. The number of aliphatic hydroxyl groups excluding tert-OH is 1. The fourth-order valence-corrected chi connectivity index (χ4v) is 3.89. The lowest BCUT2D eigenvalue weighted by molar-refractivity contribution is 0.0403. The summed E-state index contributed by atoms with van der Waals surface area (Å²) in [6, 6.07) is 0. The minimum Gasteiger partial charge on any atom is -0.385 e. The van der Waals surface area contributed by atoms with Crippen LogP contribution in [0.15, 0.2) is 18.6 Å². The van der Waals surface area contributed by atoms with Crippen LogP contribution in [-0.2, 0) is 26.1 Å². The van der Waals surface area contributed by atoms with Gasteiger partial charge in [0.2, 0.25) is 0 Å². The molecule has 0 saturated carbocycles. The Morgan fingerprint density at radius 3 is 2.72 bits per heavy atom. The van der Waals surface area contributed by atoms with Gasteiger partial charge >= 0.3 is 0 Å². The molecular formula is C19H31N5O. The van der Waals surface area contributed by atoms with Crippen LogP contribution in [0.25, 0.3) is 0 Å². The zero-order valence-corrected chi connectivity index (χ0v) is 16.1. The number of likely N-dealkylation sites (tertiary alicyclic amines) is 1. The van der Waals surface area contributed by atoms with Crippen LogP contribution in [0.2, 0.25) is 0 Å². The van der Waals surface area contributed by atoms with Gasteiger partial charge < -0.3 is 9.67 Å². The molecule has 3 rings (SSSR count). The molecule has 2 aromatic heterocycles. The molecule has 0 radical (unpaired) electrons. The largest absolute Gasteiger partial charge is 0.385 e. The first kappa shape index (κ1) is 18.1. The van der Waals surface area contributed by atoms with Crippen LogP contribution in [-0.4, -0.2) is 42.4 Å². The molecule has 0 bridgehead atoms. The lowest BCUT2D eigenvalue weighted by Crippen LogP contribution is -2.38. The fraction of sp³-hybridized carbons (Fsp3) is 0.684. The summed E-state index contributed by atoms with van der Waals surface area (Å²) in [6.45, 7) is 9.49. The van der Waals surface area contributed by atoms with Crippen molar-refractivity contribution in [1.29, 1.82) is 0 Å². The van der Waals surface area contributed by atoms with Crippen molar-refractivity contribution in [3.63, 3.8) is 0 Å². The van der Waals surface area contributed by atoms with E-state index in [9.17, 15) is 5.11 Å². The third kappa shape index (κ3) is 3.96. The van der Waals surface area contributed by atoms with Crippen molar-refractivity contribution < 1.29 is 5.11 Å². The van der Waals surface area contributed by atoms with Crippen LogP contribution in [0.5, 0.6) is 0 Å². The number of imidazole rings is 1. The van der Waals surface area contributed by atoms with Gasteiger partial charge in [0, 0.05) is 62.7 Å². The molecule has 2 atom stereocenters. The minimum absolute atomic E-state index is 0.0399. The van der Waals surface area contributed by atoms with Crippen LogP contribution in [0, 0.1) is 5.92 Å². The lowest BCUT2D eigenvalue weighted by atomic mass is 9.88. The molecule has 6 heteroatoms. The molecule has 0 aromatic carbocycles. The Bertz CT molecular complexity index is 712. The highest BCUT2D eigenvalue weighted by Gasteiger charge is 2.30. The van der Waals surface area contributed by atoms with Crippen LogP contribution in [0.4, 0.5) is 0 Å². The van der Waals surface area contributed by atoms with Gasteiger partial charge in [0.25, 0.3) is 0 Å². The van der Waals surface area contributed by atoms with Gasteiger partial charge in [-0.1, -0.05) is 20.8 Å². The number of hydrogen-bond acceptors (Lipinski definition) is 4. The number of rotatable bonds is 4. The highest BCUT2D eigenvalue weighted by atomic mass is 16.3. The van der Waals surface area contributed by atoms with E-state index in [1.54, 1.807) is 6.20 Å². The molecule has 1 aliphatic heterocycles. The zero-order valence-electron chi connectivity index (χ0n) is 16.1. The molecule has 1 N–H and O–H groups in total. The third-order valence-corrected chi connectivity index (χ3v) is 5.12. The van der Waals surface area contributed by atoms with Gasteiger partial charge in [0.05, 0.1) is 5.69 Å². The highest BCUT2D eigenvalue weighted by molar-refractivity contribution is 5.24. The summed E-state index contributed by atoms with van der Waals surface area (Å²) in [6.07, 6.45) is 7.44. The smallest absolute Gasteiger partial charge is 0.137 e. The van der Waals surface area contributed by atoms with Crippen molar-refractivity contribution in [2.45, 2.75) is 51.7 Å². The number of aromatic nitrogens is 4. The van der Waals surface area contributed by atoms with Gasteiger partial charge in [0.15, 0.2) is 0 Å². The Hall–Kier alpha value is -1.66. The summed E-state index contributed by atoms with van der Waals surface area (Å²) < 4.78 is 3.84. The average Bonchev–Trinajstić information content (AvgIpc) is 3.12. The lowest BCUT2D eigenvalue weighted by Gasteiger charge is -2.35. The van der Waals surface area contributed by atoms with Gasteiger partial charge in [-0.05, 0) is 19.4 Å². The van der Waals surface area contributed by atoms with Crippen molar-refractivity contribution in [1.82, 2.24) is 24.2 Å². The topological polar surface area (TPSA) is 59.1 Å².